The van der Waals surface area contributed by atoms with E-state index in [9.17, 15) is 22.8 Å². The van der Waals surface area contributed by atoms with Gasteiger partial charge in [0.2, 0.25) is 0 Å². The van der Waals surface area contributed by atoms with E-state index in [0.717, 1.165) is 17.8 Å². The number of benzene rings is 2. The van der Waals surface area contributed by atoms with E-state index in [0.29, 0.717) is 26.3 Å². The van der Waals surface area contributed by atoms with E-state index in [1.165, 1.54) is 19.2 Å². The highest BCUT2D eigenvalue weighted by Crippen LogP contribution is 2.35. The fraction of sp³-hybridized carbons (Fsp3) is 0.333. The van der Waals surface area contributed by atoms with Gasteiger partial charge in [-0.05, 0) is 30.3 Å². The summed E-state index contributed by atoms with van der Waals surface area (Å²) in [4.78, 5) is 26.5. The first-order valence-corrected chi connectivity index (χ1v) is 9.43. The molecule has 166 valence electrons. The van der Waals surface area contributed by atoms with Gasteiger partial charge in [-0.1, -0.05) is 12.1 Å². The fourth-order valence-corrected chi connectivity index (χ4v) is 3.09. The van der Waals surface area contributed by atoms with Crippen molar-refractivity contribution >= 4 is 23.3 Å². The lowest BCUT2D eigenvalue weighted by Gasteiger charge is -2.29. The van der Waals surface area contributed by atoms with Crippen LogP contribution in [0.15, 0.2) is 42.5 Å². The van der Waals surface area contributed by atoms with Crippen molar-refractivity contribution in [2.24, 2.45) is 0 Å². The Morgan fingerprint density at radius 3 is 2.52 bits per heavy atom. The summed E-state index contributed by atoms with van der Waals surface area (Å²) in [6.07, 6.45) is -4.61. The number of nitrogens with one attached hydrogen (secondary N) is 1. The molecule has 1 heterocycles. The summed E-state index contributed by atoms with van der Waals surface area (Å²) < 4.78 is 54.3. The van der Waals surface area contributed by atoms with E-state index in [-0.39, 0.29) is 11.3 Å². The van der Waals surface area contributed by atoms with Crippen LogP contribution in [0.5, 0.6) is 5.75 Å². The van der Waals surface area contributed by atoms with E-state index in [1.807, 2.05) is 4.90 Å². The van der Waals surface area contributed by atoms with Gasteiger partial charge in [0.05, 0.1) is 37.1 Å². The Morgan fingerprint density at radius 1 is 1.13 bits per heavy atom. The number of methoxy groups -OCH3 is 1. The number of para-hydroxylation sites is 1. The van der Waals surface area contributed by atoms with Gasteiger partial charge in [0.1, 0.15) is 5.75 Å². The van der Waals surface area contributed by atoms with Crippen molar-refractivity contribution in [3.63, 3.8) is 0 Å². The van der Waals surface area contributed by atoms with Gasteiger partial charge in [0.15, 0.2) is 6.61 Å². The van der Waals surface area contributed by atoms with Crippen LogP contribution in [0, 0.1) is 0 Å². The number of ether oxygens (including phenoxy) is 3. The monoisotopic (exact) mass is 438 g/mol. The zero-order chi connectivity index (χ0) is 22.4. The van der Waals surface area contributed by atoms with E-state index in [4.69, 9.17) is 14.2 Å². The molecule has 3 rings (SSSR count). The van der Waals surface area contributed by atoms with Crippen molar-refractivity contribution in [3.05, 3.63) is 53.6 Å². The minimum atomic E-state index is -4.61. The number of esters is 1. The Morgan fingerprint density at radius 2 is 1.84 bits per heavy atom. The summed E-state index contributed by atoms with van der Waals surface area (Å²) >= 11 is 0. The molecule has 0 bridgehead atoms. The molecule has 1 N–H and O–H groups in total. The first kappa shape index (κ1) is 22.4. The molecule has 0 unspecified atom stereocenters. The normalized spacial score (nSPS) is 14.1. The third kappa shape index (κ3) is 5.66. The van der Waals surface area contributed by atoms with Crippen molar-refractivity contribution in [2.45, 2.75) is 6.18 Å². The molecular formula is C21H21F3N2O5. The number of hydrogen-bond acceptors (Lipinski definition) is 6. The largest absolute Gasteiger partial charge is 0.483 e. The van der Waals surface area contributed by atoms with Crippen LogP contribution in [0.2, 0.25) is 0 Å². The number of anilines is 2. The maximum atomic E-state index is 13.0. The van der Waals surface area contributed by atoms with Gasteiger partial charge >= 0.3 is 12.1 Å². The highest BCUT2D eigenvalue weighted by atomic mass is 19.4. The molecule has 0 aliphatic carbocycles. The number of carbonyl (C=O) groups is 2. The number of nitrogens with zero attached hydrogens (tertiary/aromatic N) is 1. The summed E-state index contributed by atoms with van der Waals surface area (Å²) in [7, 11) is 1.21. The third-order valence-electron chi connectivity index (χ3n) is 4.61. The van der Waals surface area contributed by atoms with Crippen LogP contribution in [0.3, 0.4) is 0 Å². The standard InChI is InChI=1S/C21H21F3N2O5/c1-29-20(28)15-12-14(26-8-10-30-11-9-26)6-7-17(15)25-19(27)13-31-18-5-3-2-4-16(18)21(22,23)24/h2-7,12H,8-11,13H2,1H3,(H,25,27). The van der Waals surface area contributed by atoms with Crippen LogP contribution >= 0.6 is 0 Å². The number of morpholine rings is 1. The first-order chi connectivity index (χ1) is 14.8. The van der Waals surface area contributed by atoms with Crippen molar-refractivity contribution < 1.29 is 37.0 Å². The third-order valence-corrected chi connectivity index (χ3v) is 4.61. The Labute approximate surface area is 176 Å². The average molecular weight is 438 g/mol. The van der Waals surface area contributed by atoms with Crippen LogP contribution in [0.1, 0.15) is 15.9 Å². The van der Waals surface area contributed by atoms with Crippen LogP contribution < -0.4 is 15.0 Å². The molecule has 1 aliphatic heterocycles. The number of carbonyl (C=O) groups excluding carboxylic acids is 2. The van der Waals surface area contributed by atoms with Crippen LogP contribution in [-0.2, 0) is 20.4 Å². The number of rotatable bonds is 6. The van der Waals surface area contributed by atoms with Gasteiger partial charge < -0.3 is 24.4 Å². The van der Waals surface area contributed by atoms with Gasteiger partial charge in [-0.15, -0.1) is 0 Å². The molecule has 7 nitrogen and oxygen atoms in total. The highest BCUT2D eigenvalue weighted by molar-refractivity contribution is 6.02. The predicted octanol–water partition coefficient (Wildman–Crippen LogP) is 3.35. The molecule has 1 amide bonds. The van der Waals surface area contributed by atoms with Crippen molar-refractivity contribution in [2.75, 3.05) is 50.2 Å². The lowest BCUT2D eigenvalue weighted by Crippen LogP contribution is -2.36. The Hall–Kier alpha value is -3.27. The molecule has 1 saturated heterocycles. The summed E-state index contributed by atoms with van der Waals surface area (Å²) in [6.45, 7) is 1.75. The second-order valence-corrected chi connectivity index (χ2v) is 6.65. The molecule has 31 heavy (non-hydrogen) atoms. The quantitative estimate of drug-likeness (QED) is 0.698. The molecule has 1 aliphatic rings. The number of alkyl halides is 3. The Bertz CT molecular complexity index is 943. The average Bonchev–Trinajstić information content (AvgIpc) is 2.77. The molecule has 0 aromatic heterocycles. The van der Waals surface area contributed by atoms with Crippen molar-refractivity contribution in [3.8, 4) is 5.75 Å². The maximum absolute atomic E-state index is 13.0. The zero-order valence-corrected chi connectivity index (χ0v) is 16.7. The fourth-order valence-electron chi connectivity index (χ4n) is 3.09. The van der Waals surface area contributed by atoms with Gasteiger partial charge in [-0.2, -0.15) is 13.2 Å². The van der Waals surface area contributed by atoms with E-state index >= 15 is 0 Å². The summed E-state index contributed by atoms with van der Waals surface area (Å²) in [5.41, 5.74) is 0.0714. The molecule has 10 heteroatoms. The molecular weight excluding hydrogens is 417 g/mol. The maximum Gasteiger partial charge on any atom is 0.419 e. The lowest BCUT2D eigenvalue weighted by molar-refractivity contribution is -0.139. The Kier molecular flexibility index (Phi) is 7.01. The zero-order valence-electron chi connectivity index (χ0n) is 16.7. The second kappa shape index (κ2) is 9.69. The number of halogens is 3. The topological polar surface area (TPSA) is 77.1 Å². The van der Waals surface area contributed by atoms with Gasteiger partial charge in [-0.25, -0.2) is 4.79 Å². The smallest absolute Gasteiger partial charge is 0.419 e. The van der Waals surface area contributed by atoms with Gasteiger partial charge in [0, 0.05) is 18.8 Å². The molecule has 0 spiro atoms. The van der Waals surface area contributed by atoms with Crippen LogP contribution in [0.4, 0.5) is 24.5 Å². The minimum absolute atomic E-state index is 0.121. The van der Waals surface area contributed by atoms with E-state index < -0.39 is 36.0 Å². The van der Waals surface area contributed by atoms with Crippen molar-refractivity contribution in [1.82, 2.24) is 0 Å². The molecule has 0 atom stereocenters. The predicted molar refractivity (Wildman–Crippen MR) is 106 cm³/mol. The van der Waals surface area contributed by atoms with Gasteiger partial charge in [0.25, 0.3) is 5.91 Å². The van der Waals surface area contributed by atoms with Crippen LogP contribution in [-0.4, -0.2) is 51.9 Å². The Balaban J connectivity index is 1.73. The summed E-state index contributed by atoms with van der Waals surface area (Å²) in [5, 5.41) is 2.50. The highest BCUT2D eigenvalue weighted by Gasteiger charge is 2.34. The van der Waals surface area contributed by atoms with Crippen molar-refractivity contribution in [1.29, 1.82) is 0 Å². The second-order valence-electron chi connectivity index (χ2n) is 6.65. The lowest BCUT2D eigenvalue weighted by atomic mass is 10.1. The number of amides is 1. The molecule has 0 saturated carbocycles. The molecule has 2 aromatic carbocycles. The molecule has 0 radical (unpaired) electrons. The van der Waals surface area contributed by atoms with Gasteiger partial charge in [-0.3, -0.25) is 4.79 Å². The molecule has 1 fully saturated rings. The SMILES string of the molecule is COC(=O)c1cc(N2CCOCC2)ccc1NC(=O)COc1ccccc1C(F)(F)F. The number of hydrogen-bond donors (Lipinski definition) is 1. The minimum Gasteiger partial charge on any atom is -0.483 e. The summed E-state index contributed by atoms with van der Waals surface area (Å²) in [6, 6.07) is 9.47. The van der Waals surface area contributed by atoms with Crippen LogP contribution in [0.25, 0.3) is 0 Å². The first-order valence-electron chi connectivity index (χ1n) is 9.43. The van der Waals surface area contributed by atoms with E-state index in [2.05, 4.69) is 5.32 Å². The van der Waals surface area contributed by atoms with E-state index in [1.54, 1.807) is 18.2 Å². The summed E-state index contributed by atoms with van der Waals surface area (Å²) in [5.74, 6) is -1.84. The molecule has 2 aromatic rings.